The van der Waals surface area contributed by atoms with Crippen molar-refractivity contribution in [2.45, 2.75) is 52.1 Å². The fraction of sp³-hybridized carbons (Fsp3) is 0.682. The summed E-state index contributed by atoms with van der Waals surface area (Å²) >= 11 is 0. The lowest BCUT2D eigenvalue weighted by Crippen LogP contribution is -2.55. The molecule has 1 N–H and O–H groups in total. The van der Waals surface area contributed by atoms with Crippen molar-refractivity contribution < 1.29 is 14.6 Å². The first-order chi connectivity index (χ1) is 12.8. The van der Waals surface area contributed by atoms with Crippen molar-refractivity contribution in [1.29, 1.82) is 0 Å². The minimum Gasteiger partial charge on any atom is -0.491 e. The van der Waals surface area contributed by atoms with Crippen molar-refractivity contribution in [2.75, 3.05) is 39.3 Å². The van der Waals surface area contributed by atoms with E-state index >= 15 is 0 Å². The van der Waals surface area contributed by atoms with Crippen LogP contribution in [0.15, 0.2) is 18.2 Å². The number of nitrogens with zero attached hydrogens (tertiary/aromatic N) is 2. The van der Waals surface area contributed by atoms with Crippen LogP contribution >= 0.6 is 0 Å². The lowest BCUT2D eigenvalue weighted by atomic mass is 9.93. The van der Waals surface area contributed by atoms with Crippen LogP contribution < -0.4 is 4.74 Å². The van der Waals surface area contributed by atoms with Gasteiger partial charge in [0.2, 0.25) is 5.91 Å². The van der Waals surface area contributed by atoms with E-state index in [1.54, 1.807) is 0 Å². The number of hydrogen-bond donors (Lipinski definition) is 1. The molecular weight excluding hydrogens is 340 g/mol. The third-order valence-electron chi connectivity index (χ3n) is 6.13. The van der Waals surface area contributed by atoms with Crippen LogP contribution in [0.1, 0.15) is 43.7 Å². The molecule has 1 atom stereocenters. The van der Waals surface area contributed by atoms with Gasteiger partial charge in [-0.05, 0) is 81.8 Å². The van der Waals surface area contributed by atoms with E-state index in [-0.39, 0.29) is 12.5 Å². The Kier molecular flexibility index (Phi) is 6.43. The van der Waals surface area contributed by atoms with Gasteiger partial charge in [0.1, 0.15) is 18.0 Å². The number of ether oxygens (including phenoxy) is 1. The fourth-order valence-corrected chi connectivity index (χ4v) is 3.98. The zero-order valence-corrected chi connectivity index (χ0v) is 17.0. The van der Waals surface area contributed by atoms with E-state index in [4.69, 9.17) is 4.74 Å². The molecule has 2 fully saturated rings. The summed E-state index contributed by atoms with van der Waals surface area (Å²) in [6.45, 7) is 10.2. The van der Waals surface area contributed by atoms with Crippen LogP contribution in [0.5, 0.6) is 5.75 Å². The summed E-state index contributed by atoms with van der Waals surface area (Å²) in [5, 5.41) is 11.0. The molecule has 1 aromatic rings. The minimum atomic E-state index is -0.969. The molecule has 150 valence electrons. The van der Waals surface area contributed by atoms with Crippen molar-refractivity contribution in [2.24, 2.45) is 5.92 Å². The lowest BCUT2D eigenvalue weighted by Gasteiger charge is -2.40. The summed E-state index contributed by atoms with van der Waals surface area (Å²) < 4.78 is 5.88. The highest BCUT2D eigenvalue weighted by Gasteiger charge is 2.36. The van der Waals surface area contributed by atoms with Crippen LogP contribution in [0.3, 0.4) is 0 Å². The van der Waals surface area contributed by atoms with Gasteiger partial charge < -0.3 is 14.7 Å². The molecule has 1 aromatic carbocycles. The molecule has 2 saturated heterocycles. The molecule has 0 aromatic heterocycles. The second-order valence-corrected chi connectivity index (χ2v) is 8.64. The standard InChI is InChI=1S/C22H34N2O3/c1-17-7-11-23(12-8-17)14-21(25)24-10-4-9-22(26,15-24)16-27-20-6-5-18(2)19(3)13-20/h5-6,13,17,26H,4,7-12,14-16H2,1-3H3. The molecule has 5 heteroatoms. The predicted octanol–water partition coefficient (Wildman–Crippen LogP) is 2.77. The maximum Gasteiger partial charge on any atom is 0.236 e. The molecule has 3 rings (SSSR count). The van der Waals surface area contributed by atoms with Gasteiger partial charge in [-0.2, -0.15) is 0 Å². The Morgan fingerprint density at radius 3 is 2.67 bits per heavy atom. The van der Waals surface area contributed by atoms with Crippen LogP contribution in [-0.2, 0) is 4.79 Å². The number of β-amino-alcohol motifs (C(OH)–C–C–N with tert-alkyl or cyclic N) is 1. The molecule has 0 radical (unpaired) electrons. The molecule has 1 unspecified atom stereocenters. The molecular formula is C22H34N2O3. The van der Waals surface area contributed by atoms with Gasteiger partial charge >= 0.3 is 0 Å². The lowest BCUT2D eigenvalue weighted by molar-refractivity contribution is -0.141. The number of aliphatic hydroxyl groups is 1. The Hall–Kier alpha value is -1.59. The van der Waals surface area contributed by atoms with Crippen molar-refractivity contribution >= 4 is 5.91 Å². The molecule has 0 spiro atoms. The maximum absolute atomic E-state index is 12.7. The van der Waals surface area contributed by atoms with Crippen LogP contribution in [-0.4, -0.2) is 65.7 Å². The number of hydrogen-bond acceptors (Lipinski definition) is 4. The van der Waals surface area contributed by atoms with Gasteiger partial charge in [0.05, 0.1) is 13.1 Å². The Balaban J connectivity index is 1.52. The summed E-state index contributed by atoms with van der Waals surface area (Å²) in [7, 11) is 0. The monoisotopic (exact) mass is 374 g/mol. The van der Waals surface area contributed by atoms with E-state index in [0.29, 0.717) is 19.5 Å². The Morgan fingerprint density at radius 2 is 1.96 bits per heavy atom. The van der Waals surface area contributed by atoms with Gasteiger partial charge in [-0.1, -0.05) is 13.0 Å². The SMILES string of the molecule is Cc1ccc(OCC2(O)CCCN(C(=O)CN3CCC(C)CC3)C2)cc1C. The third kappa shape index (κ3) is 5.45. The highest BCUT2D eigenvalue weighted by atomic mass is 16.5. The first-order valence-corrected chi connectivity index (χ1v) is 10.3. The zero-order chi connectivity index (χ0) is 19.4. The largest absolute Gasteiger partial charge is 0.491 e. The molecule has 1 amide bonds. The van der Waals surface area contributed by atoms with Crippen LogP contribution in [0.25, 0.3) is 0 Å². The number of benzene rings is 1. The van der Waals surface area contributed by atoms with E-state index in [9.17, 15) is 9.90 Å². The van der Waals surface area contributed by atoms with Crippen molar-refractivity contribution in [3.8, 4) is 5.75 Å². The Bertz CT molecular complexity index is 655. The van der Waals surface area contributed by atoms with Crippen molar-refractivity contribution in [3.05, 3.63) is 29.3 Å². The van der Waals surface area contributed by atoms with E-state index in [1.807, 2.05) is 23.1 Å². The summed E-state index contributed by atoms with van der Waals surface area (Å²) in [4.78, 5) is 16.8. The first-order valence-electron chi connectivity index (χ1n) is 10.3. The first kappa shape index (κ1) is 20.2. The third-order valence-corrected chi connectivity index (χ3v) is 6.13. The van der Waals surface area contributed by atoms with E-state index in [2.05, 4.69) is 25.7 Å². The summed E-state index contributed by atoms with van der Waals surface area (Å²) in [5.74, 6) is 1.67. The fourth-order valence-electron chi connectivity index (χ4n) is 3.98. The van der Waals surface area contributed by atoms with Crippen molar-refractivity contribution in [1.82, 2.24) is 9.80 Å². The smallest absolute Gasteiger partial charge is 0.236 e. The average molecular weight is 375 g/mol. The number of amides is 1. The Morgan fingerprint density at radius 1 is 1.22 bits per heavy atom. The minimum absolute atomic E-state index is 0.133. The number of likely N-dealkylation sites (tertiary alicyclic amines) is 2. The molecule has 0 bridgehead atoms. The van der Waals surface area contributed by atoms with Crippen LogP contribution in [0.2, 0.25) is 0 Å². The molecule has 2 heterocycles. The highest BCUT2D eigenvalue weighted by Crippen LogP contribution is 2.24. The quantitative estimate of drug-likeness (QED) is 0.861. The number of carbonyl (C=O) groups is 1. The summed E-state index contributed by atoms with van der Waals surface area (Å²) in [6, 6.07) is 5.97. The number of carbonyl (C=O) groups excluding carboxylic acids is 1. The number of aryl methyl sites for hydroxylation is 2. The van der Waals surface area contributed by atoms with E-state index < -0.39 is 5.60 Å². The van der Waals surface area contributed by atoms with Crippen molar-refractivity contribution in [3.63, 3.8) is 0 Å². The number of rotatable bonds is 5. The van der Waals surface area contributed by atoms with Gasteiger partial charge in [-0.25, -0.2) is 0 Å². The highest BCUT2D eigenvalue weighted by molar-refractivity contribution is 5.78. The zero-order valence-electron chi connectivity index (χ0n) is 17.0. The van der Waals surface area contributed by atoms with Gasteiger partial charge in [-0.3, -0.25) is 9.69 Å². The van der Waals surface area contributed by atoms with Gasteiger partial charge in [0.25, 0.3) is 0 Å². The van der Waals surface area contributed by atoms with Gasteiger partial charge in [-0.15, -0.1) is 0 Å². The maximum atomic E-state index is 12.7. The summed E-state index contributed by atoms with van der Waals surface area (Å²) in [5.41, 5.74) is 1.43. The molecule has 2 aliphatic rings. The van der Waals surface area contributed by atoms with Gasteiger partial charge in [0.15, 0.2) is 0 Å². The Labute approximate surface area is 163 Å². The second kappa shape index (κ2) is 8.61. The number of piperidine rings is 2. The summed E-state index contributed by atoms with van der Waals surface area (Å²) in [6.07, 6.45) is 3.82. The van der Waals surface area contributed by atoms with E-state index in [0.717, 1.165) is 37.7 Å². The van der Waals surface area contributed by atoms with Gasteiger partial charge in [0, 0.05) is 6.54 Å². The topological polar surface area (TPSA) is 53.0 Å². The molecule has 27 heavy (non-hydrogen) atoms. The average Bonchev–Trinajstić information content (AvgIpc) is 2.65. The van der Waals surface area contributed by atoms with E-state index in [1.165, 1.54) is 24.0 Å². The normalized spacial score (nSPS) is 24.8. The molecule has 0 saturated carbocycles. The molecule has 5 nitrogen and oxygen atoms in total. The van der Waals surface area contributed by atoms with Crippen LogP contribution in [0, 0.1) is 19.8 Å². The molecule has 2 aliphatic heterocycles. The second-order valence-electron chi connectivity index (χ2n) is 8.64. The molecule has 0 aliphatic carbocycles. The van der Waals surface area contributed by atoms with Crippen LogP contribution in [0.4, 0.5) is 0 Å². The predicted molar refractivity (Wildman–Crippen MR) is 107 cm³/mol.